The van der Waals surface area contributed by atoms with Gasteiger partial charge in [-0.25, -0.2) is 0 Å². The summed E-state index contributed by atoms with van der Waals surface area (Å²) in [5.41, 5.74) is 5.27. The zero-order valence-electron chi connectivity index (χ0n) is 10.8. The van der Waals surface area contributed by atoms with Crippen LogP contribution in [0.3, 0.4) is 0 Å². The van der Waals surface area contributed by atoms with Crippen molar-refractivity contribution in [2.75, 3.05) is 5.32 Å². The van der Waals surface area contributed by atoms with Crippen LogP contribution < -0.4 is 5.32 Å². The van der Waals surface area contributed by atoms with Gasteiger partial charge >= 0.3 is 0 Å². The molecule has 1 aliphatic heterocycles. The summed E-state index contributed by atoms with van der Waals surface area (Å²) < 4.78 is 0. The highest BCUT2D eigenvalue weighted by Crippen LogP contribution is 2.44. The van der Waals surface area contributed by atoms with Crippen molar-refractivity contribution in [2.45, 2.75) is 36.5 Å². The van der Waals surface area contributed by atoms with E-state index in [4.69, 9.17) is 0 Å². The van der Waals surface area contributed by atoms with E-state index in [0.29, 0.717) is 0 Å². The summed E-state index contributed by atoms with van der Waals surface area (Å²) in [5.74, 6) is 0. The Bertz CT molecular complexity index is 538. The van der Waals surface area contributed by atoms with Crippen LogP contribution in [0.25, 0.3) is 0 Å². The maximum Gasteiger partial charge on any atom is 0.0529 e. The Kier molecular flexibility index (Phi) is 3.04. The molecule has 3 rings (SSSR count). The third kappa shape index (κ3) is 2.01. The molecule has 0 aliphatic carbocycles. The maximum absolute atomic E-state index is 3.57. The van der Waals surface area contributed by atoms with E-state index in [2.05, 4.69) is 55.6 Å². The van der Waals surface area contributed by atoms with Gasteiger partial charge in [-0.1, -0.05) is 37.7 Å². The largest absolute Gasteiger partial charge is 0.354 e. The van der Waals surface area contributed by atoms with E-state index in [1.807, 2.05) is 11.8 Å². The first-order chi connectivity index (χ1) is 8.80. The Morgan fingerprint density at radius 1 is 0.833 bits per heavy atom. The molecule has 0 spiro atoms. The normalized spacial score (nSPS) is 12.6. The second-order valence-electron chi connectivity index (χ2n) is 4.60. The minimum Gasteiger partial charge on any atom is -0.354 e. The van der Waals surface area contributed by atoms with E-state index in [1.54, 1.807) is 0 Å². The van der Waals surface area contributed by atoms with Crippen LogP contribution in [-0.4, -0.2) is 0 Å². The van der Waals surface area contributed by atoms with Crippen LogP contribution in [0.2, 0.25) is 0 Å². The van der Waals surface area contributed by atoms with Crippen molar-refractivity contribution < 1.29 is 0 Å². The number of aryl methyl sites for hydroxylation is 2. The lowest BCUT2D eigenvalue weighted by atomic mass is 10.1. The van der Waals surface area contributed by atoms with Gasteiger partial charge in [0.15, 0.2) is 0 Å². The molecule has 0 saturated heterocycles. The van der Waals surface area contributed by atoms with Crippen molar-refractivity contribution in [1.29, 1.82) is 0 Å². The second kappa shape index (κ2) is 4.69. The van der Waals surface area contributed by atoms with Crippen molar-refractivity contribution in [3.8, 4) is 0 Å². The molecule has 1 aliphatic rings. The SMILES string of the molecule is CCc1ccc2c(c1)Nc1cc(CC)ccc1S2. The fourth-order valence-corrected chi connectivity index (χ4v) is 3.18. The van der Waals surface area contributed by atoms with E-state index >= 15 is 0 Å². The summed E-state index contributed by atoms with van der Waals surface area (Å²) in [6.07, 6.45) is 2.17. The smallest absolute Gasteiger partial charge is 0.0529 e. The summed E-state index contributed by atoms with van der Waals surface area (Å²) >= 11 is 1.86. The summed E-state index contributed by atoms with van der Waals surface area (Å²) in [6, 6.07) is 13.4. The van der Waals surface area contributed by atoms with Gasteiger partial charge < -0.3 is 5.32 Å². The number of hydrogen-bond acceptors (Lipinski definition) is 2. The third-order valence-electron chi connectivity index (χ3n) is 3.39. The first kappa shape index (κ1) is 11.7. The monoisotopic (exact) mass is 255 g/mol. The Hall–Kier alpha value is -1.41. The molecule has 92 valence electrons. The molecule has 0 aromatic heterocycles. The highest BCUT2D eigenvalue weighted by atomic mass is 32.2. The van der Waals surface area contributed by atoms with Crippen molar-refractivity contribution in [1.82, 2.24) is 0 Å². The number of rotatable bonds is 2. The molecule has 2 aromatic carbocycles. The van der Waals surface area contributed by atoms with Crippen LogP contribution in [0.15, 0.2) is 46.2 Å². The summed E-state index contributed by atoms with van der Waals surface area (Å²) in [6.45, 7) is 4.39. The molecule has 2 aromatic rings. The van der Waals surface area contributed by atoms with Crippen LogP contribution in [0.5, 0.6) is 0 Å². The van der Waals surface area contributed by atoms with Crippen molar-refractivity contribution in [2.24, 2.45) is 0 Å². The van der Waals surface area contributed by atoms with E-state index in [9.17, 15) is 0 Å². The van der Waals surface area contributed by atoms with E-state index in [0.717, 1.165) is 12.8 Å². The maximum atomic E-state index is 3.57. The van der Waals surface area contributed by atoms with Gasteiger partial charge in [0.05, 0.1) is 11.4 Å². The first-order valence-corrected chi connectivity index (χ1v) is 7.32. The molecule has 0 fully saturated rings. The van der Waals surface area contributed by atoms with Crippen LogP contribution in [0.1, 0.15) is 25.0 Å². The standard InChI is InChI=1S/C16H17NS/c1-3-11-5-7-15-13(9-11)17-14-10-12(4-2)6-8-16(14)18-15/h5-10,17H,3-4H2,1-2H3. The summed E-state index contributed by atoms with van der Waals surface area (Å²) in [4.78, 5) is 2.65. The van der Waals surface area contributed by atoms with Crippen molar-refractivity contribution in [3.63, 3.8) is 0 Å². The van der Waals surface area contributed by atoms with Crippen LogP contribution in [0, 0.1) is 0 Å². The van der Waals surface area contributed by atoms with E-state index in [1.165, 1.54) is 32.3 Å². The zero-order valence-corrected chi connectivity index (χ0v) is 11.6. The first-order valence-electron chi connectivity index (χ1n) is 6.51. The fraction of sp³-hybridized carbons (Fsp3) is 0.250. The Balaban J connectivity index is 2.01. The lowest BCUT2D eigenvalue weighted by molar-refractivity contribution is 1.12. The summed E-state index contributed by atoms with van der Waals surface area (Å²) in [5, 5.41) is 3.57. The Morgan fingerprint density at radius 3 is 1.78 bits per heavy atom. The number of benzene rings is 2. The van der Waals surface area contributed by atoms with Gasteiger partial charge in [0.2, 0.25) is 0 Å². The third-order valence-corrected chi connectivity index (χ3v) is 4.55. The highest BCUT2D eigenvalue weighted by Gasteiger charge is 2.15. The van der Waals surface area contributed by atoms with Gasteiger partial charge in [-0.15, -0.1) is 0 Å². The molecule has 0 atom stereocenters. The highest BCUT2D eigenvalue weighted by molar-refractivity contribution is 7.99. The fourth-order valence-electron chi connectivity index (χ4n) is 2.23. The van der Waals surface area contributed by atoms with Crippen molar-refractivity contribution in [3.05, 3.63) is 47.5 Å². The summed E-state index contributed by atoms with van der Waals surface area (Å²) in [7, 11) is 0. The average Bonchev–Trinajstić information content (AvgIpc) is 2.43. The molecule has 0 radical (unpaired) electrons. The molecule has 2 heteroatoms. The molecule has 1 nitrogen and oxygen atoms in total. The van der Waals surface area contributed by atoms with Gasteiger partial charge in [-0.05, 0) is 48.2 Å². The van der Waals surface area contributed by atoms with Crippen LogP contribution in [0.4, 0.5) is 11.4 Å². The molecular weight excluding hydrogens is 238 g/mol. The number of nitrogens with one attached hydrogen (secondary N) is 1. The molecule has 0 amide bonds. The lowest BCUT2D eigenvalue weighted by Crippen LogP contribution is -2.01. The second-order valence-corrected chi connectivity index (χ2v) is 5.68. The molecule has 0 unspecified atom stereocenters. The minimum atomic E-state index is 1.08. The average molecular weight is 255 g/mol. The molecule has 1 N–H and O–H groups in total. The zero-order chi connectivity index (χ0) is 12.5. The lowest BCUT2D eigenvalue weighted by Gasteiger charge is -2.22. The predicted molar refractivity (Wildman–Crippen MR) is 79.0 cm³/mol. The molecule has 18 heavy (non-hydrogen) atoms. The molecule has 0 saturated carbocycles. The van der Waals surface area contributed by atoms with Crippen LogP contribution in [-0.2, 0) is 12.8 Å². The predicted octanol–water partition coefficient (Wildman–Crippen LogP) is 5.02. The van der Waals surface area contributed by atoms with Gasteiger partial charge in [0.1, 0.15) is 0 Å². The van der Waals surface area contributed by atoms with Gasteiger partial charge in [0.25, 0.3) is 0 Å². The topological polar surface area (TPSA) is 12.0 Å². The Labute approximate surface area is 113 Å². The Morgan fingerprint density at radius 2 is 1.33 bits per heavy atom. The van der Waals surface area contributed by atoms with Gasteiger partial charge in [0, 0.05) is 9.79 Å². The number of anilines is 2. The van der Waals surface area contributed by atoms with Crippen molar-refractivity contribution >= 4 is 23.1 Å². The molecule has 1 heterocycles. The molecular formula is C16H17NS. The number of hydrogen-bond donors (Lipinski definition) is 1. The number of fused-ring (bicyclic) bond motifs is 2. The van der Waals surface area contributed by atoms with Gasteiger partial charge in [-0.2, -0.15) is 0 Å². The van der Waals surface area contributed by atoms with Crippen LogP contribution >= 0.6 is 11.8 Å². The van der Waals surface area contributed by atoms with E-state index in [-0.39, 0.29) is 0 Å². The van der Waals surface area contributed by atoms with Gasteiger partial charge in [-0.3, -0.25) is 0 Å². The van der Waals surface area contributed by atoms with E-state index < -0.39 is 0 Å². The molecule has 0 bridgehead atoms. The minimum absolute atomic E-state index is 1.08. The quantitative estimate of drug-likeness (QED) is 0.690.